The van der Waals surface area contributed by atoms with E-state index < -0.39 is 19.7 Å². The van der Waals surface area contributed by atoms with Gasteiger partial charge < -0.3 is 0 Å². The SMILES string of the molecule is CCCCCCCCS(=O)(=O)c1cc2ccc3c4ccc5c(ccc6cc(S(=O)(=O)CCCCCCCC)sc65)c4ccc3c2s1. The zero-order chi connectivity index (χ0) is 32.3. The molecule has 46 heavy (non-hydrogen) atoms. The molecule has 4 nitrogen and oxygen atoms in total. The van der Waals surface area contributed by atoms with E-state index in [4.69, 9.17) is 0 Å². The number of fused-ring (bicyclic) bond motifs is 9. The monoisotopic (exact) mass is 692 g/mol. The van der Waals surface area contributed by atoms with Gasteiger partial charge in [0.25, 0.3) is 0 Å². The maximum Gasteiger partial charge on any atom is 0.187 e. The molecule has 4 aromatic carbocycles. The second-order valence-corrected chi connectivity index (χ2v) is 19.5. The van der Waals surface area contributed by atoms with Crippen LogP contribution in [0.1, 0.15) is 90.9 Å². The highest BCUT2D eigenvalue weighted by Crippen LogP contribution is 2.42. The molecule has 6 aromatic rings. The topological polar surface area (TPSA) is 68.3 Å². The van der Waals surface area contributed by atoms with Crippen molar-refractivity contribution in [1.29, 1.82) is 0 Å². The molecule has 0 bridgehead atoms. The van der Waals surface area contributed by atoms with Gasteiger partial charge in [-0.15, -0.1) is 22.7 Å². The molecule has 0 amide bonds. The molecule has 6 rings (SSSR count). The Kier molecular flexibility index (Phi) is 10.4. The van der Waals surface area contributed by atoms with E-state index in [0.29, 0.717) is 21.3 Å². The average Bonchev–Trinajstić information content (AvgIpc) is 3.70. The first-order valence-corrected chi connectivity index (χ1v) is 21.9. The van der Waals surface area contributed by atoms with Gasteiger partial charge in [0, 0.05) is 20.2 Å². The van der Waals surface area contributed by atoms with Crippen LogP contribution in [0, 0.1) is 0 Å². The summed E-state index contributed by atoms with van der Waals surface area (Å²) in [7, 11) is -6.64. The summed E-state index contributed by atoms with van der Waals surface area (Å²) in [6.45, 7) is 4.37. The quantitative estimate of drug-likeness (QED) is 0.0748. The van der Waals surface area contributed by atoms with Crippen LogP contribution in [0.4, 0.5) is 0 Å². The Bertz CT molecular complexity index is 2060. The van der Waals surface area contributed by atoms with Crippen LogP contribution in [0.2, 0.25) is 0 Å². The van der Waals surface area contributed by atoms with Crippen LogP contribution in [-0.4, -0.2) is 28.3 Å². The van der Waals surface area contributed by atoms with Gasteiger partial charge in [-0.25, -0.2) is 16.8 Å². The highest BCUT2D eigenvalue weighted by molar-refractivity contribution is 7.94. The van der Waals surface area contributed by atoms with Gasteiger partial charge in [0.05, 0.1) is 11.5 Å². The minimum Gasteiger partial charge on any atom is -0.223 e. The molecule has 2 heterocycles. The first-order valence-electron chi connectivity index (χ1n) is 16.9. The van der Waals surface area contributed by atoms with E-state index in [1.54, 1.807) is 0 Å². The summed E-state index contributed by atoms with van der Waals surface area (Å²) in [5.74, 6) is 0.413. The summed E-state index contributed by atoms with van der Waals surface area (Å²) in [5.41, 5.74) is 0. The minimum atomic E-state index is -3.32. The number of hydrogen-bond acceptors (Lipinski definition) is 6. The molecule has 0 spiro atoms. The molecule has 0 saturated heterocycles. The molecular formula is C38H44O4S4. The van der Waals surface area contributed by atoms with Crippen LogP contribution < -0.4 is 0 Å². The Balaban J connectivity index is 1.29. The lowest BCUT2D eigenvalue weighted by molar-refractivity contribution is 0.584. The van der Waals surface area contributed by atoms with Crippen LogP contribution in [0.15, 0.2) is 69.1 Å². The lowest BCUT2D eigenvalue weighted by atomic mass is 9.96. The fraction of sp³-hybridized carbons (Fsp3) is 0.421. The van der Waals surface area contributed by atoms with E-state index in [1.165, 1.54) is 61.2 Å². The summed E-state index contributed by atoms with van der Waals surface area (Å²) in [6, 6.07) is 20.5. The first kappa shape index (κ1) is 33.4. The van der Waals surface area contributed by atoms with Crippen LogP contribution in [0.5, 0.6) is 0 Å². The Morgan fingerprint density at radius 2 is 0.761 bits per heavy atom. The molecule has 0 unspecified atom stereocenters. The zero-order valence-corrected chi connectivity index (χ0v) is 30.2. The van der Waals surface area contributed by atoms with Crippen molar-refractivity contribution >= 4 is 94.8 Å². The Morgan fingerprint density at radius 1 is 0.435 bits per heavy atom. The summed E-state index contributed by atoms with van der Waals surface area (Å²) in [5, 5.41) is 8.49. The van der Waals surface area contributed by atoms with E-state index in [-0.39, 0.29) is 11.5 Å². The van der Waals surface area contributed by atoms with Crippen molar-refractivity contribution in [1.82, 2.24) is 0 Å². The van der Waals surface area contributed by atoms with Gasteiger partial charge in [-0.05, 0) is 57.3 Å². The standard InChI is InChI=1S/C38H44O4S4/c1-3-5-7-9-11-13-23-45(39,40)35-25-27-15-17-31-29-20-22-34-32(30(29)19-21-33(31)37(27)43-35)18-16-28-26-36(44-38(28)34)46(41,42)24-14-12-10-8-6-4-2/h15-22,25-26H,3-14,23-24H2,1-2H3. The molecular weight excluding hydrogens is 649 g/mol. The van der Waals surface area contributed by atoms with Gasteiger partial charge in [0.2, 0.25) is 0 Å². The van der Waals surface area contributed by atoms with Crippen molar-refractivity contribution in [3.05, 3.63) is 60.7 Å². The number of benzene rings is 4. The lowest BCUT2D eigenvalue weighted by Crippen LogP contribution is -2.04. The highest BCUT2D eigenvalue weighted by atomic mass is 32.2. The van der Waals surface area contributed by atoms with Crippen molar-refractivity contribution in [3.63, 3.8) is 0 Å². The van der Waals surface area contributed by atoms with E-state index in [1.807, 2.05) is 24.3 Å². The third-order valence-electron chi connectivity index (χ3n) is 9.26. The van der Waals surface area contributed by atoms with E-state index >= 15 is 0 Å². The van der Waals surface area contributed by atoms with Gasteiger partial charge >= 0.3 is 0 Å². The summed E-state index contributed by atoms with van der Waals surface area (Å²) in [4.78, 5) is 0. The van der Waals surface area contributed by atoms with Crippen LogP contribution in [0.25, 0.3) is 52.5 Å². The zero-order valence-electron chi connectivity index (χ0n) is 26.9. The third-order valence-corrected chi connectivity index (χ3v) is 16.4. The number of rotatable bonds is 16. The van der Waals surface area contributed by atoms with Crippen LogP contribution >= 0.6 is 22.7 Å². The normalized spacial score (nSPS) is 12.8. The molecule has 244 valence electrons. The van der Waals surface area contributed by atoms with Gasteiger partial charge in [0.1, 0.15) is 8.42 Å². The van der Waals surface area contributed by atoms with E-state index in [0.717, 1.165) is 78.2 Å². The smallest absolute Gasteiger partial charge is 0.187 e. The summed E-state index contributed by atoms with van der Waals surface area (Å²) in [6.07, 6.45) is 12.7. The molecule has 0 radical (unpaired) electrons. The van der Waals surface area contributed by atoms with Crippen LogP contribution in [-0.2, 0) is 19.7 Å². The predicted octanol–water partition coefficient (Wildman–Crippen LogP) is 11.8. The maximum atomic E-state index is 13.2. The molecule has 0 fully saturated rings. The van der Waals surface area contributed by atoms with E-state index in [2.05, 4.69) is 50.2 Å². The Labute approximate surface area is 281 Å². The Morgan fingerprint density at radius 3 is 1.17 bits per heavy atom. The fourth-order valence-electron chi connectivity index (χ4n) is 6.64. The molecule has 0 atom stereocenters. The van der Waals surface area contributed by atoms with Gasteiger partial charge in [-0.1, -0.05) is 127 Å². The second kappa shape index (κ2) is 14.3. The van der Waals surface area contributed by atoms with Crippen molar-refractivity contribution in [2.75, 3.05) is 11.5 Å². The molecule has 0 aliphatic carbocycles. The number of thiophene rings is 2. The molecule has 8 heteroatoms. The first-order chi connectivity index (χ1) is 22.2. The number of unbranched alkanes of at least 4 members (excludes halogenated alkanes) is 10. The van der Waals surface area contributed by atoms with Crippen molar-refractivity contribution in [2.24, 2.45) is 0 Å². The predicted molar refractivity (Wildman–Crippen MR) is 201 cm³/mol. The lowest BCUT2D eigenvalue weighted by Gasteiger charge is -2.09. The van der Waals surface area contributed by atoms with E-state index in [9.17, 15) is 16.8 Å². The molecule has 0 aliphatic rings. The Hall–Kier alpha value is -2.52. The van der Waals surface area contributed by atoms with Gasteiger partial charge in [-0.2, -0.15) is 0 Å². The van der Waals surface area contributed by atoms with Gasteiger partial charge in [0.15, 0.2) is 19.7 Å². The largest absolute Gasteiger partial charge is 0.223 e. The summed E-state index contributed by atoms with van der Waals surface area (Å²) < 4.78 is 55.9. The number of hydrogen-bond donors (Lipinski definition) is 0. The number of sulfone groups is 2. The minimum absolute atomic E-state index is 0.206. The third kappa shape index (κ3) is 6.87. The van der Waals surface area contributed by atoms with Crippen molar-refractivity contribution in [3.8, 4) is 0 Å². The summed E-state index contributed by atoms with van der Waals surface area (Å²) >= 11 is 2.78. The molecule has 2 aromatic heterocycles. The molecule has 0 saturated carbocycles. The molecule has 0 aliphatic heterocycles. The highest BCUT2D eigenvalue weighted by Gasteiger charge is 2.21. The van der Waals surface area contributed by atoms with Crippen molar-refractivity contribution in [2.45, 2.75) is 99.3 Å². The fourth-order valence-corrected chi connectivity index (χ4v) is 12.7. The van der Waals surface area contributed by atoms with Crippen LogP contribution in [0.3, 0.4) is 0 Å². The second-order valence-electron chi connectivity index (χ2n) is 12.7. The van der Waals surface area contributed by atoms with Gasteiger partial charge in [-0.3, -0.25) is 0 Å². The average molecular weight is 693 g/mol. The van der Waals surface area contributed by atoms with Crippen molar-refractivity contribution < 1.29 is 16.8 Å². The molecule has 0 N–H and O–H groups in total. The maximum absolute atomic E-state index is 13.2.